The molecule has 1 atom stereocenters. The van der Waals surface area contributed by atoms with Gasteiger partial charge in [0.25, 0.3) is 0 Å². The van der Waals surface area contributed by atoms with Gasteiger partial charge in [0, 0.05) is 11.1 Å². The predicted molar refractivity (Wildman–Crippen MR) is 72.1 cm³/mol. The molecular formula is C14H21ClFN. The van der Waals surface area contributed by atoms with Gasteiger partial charge >= 0.3 is 0 Å². The van der Waals surface area contributed by atoms with Gasteiger partial charge in [-0.05, 0) is 56.8 Å². The summed E-state index contributed by atoms with van der Waals surface area (Å²) < 4.78 is 13.5. The van der Waals surface area contributed by atoms with Gasteiger partial charge in [0.1, 0.15) is 5.82 Å². The van der Waals surface area contributed by atoms with Gasteiger partial charge < -0.3 is 5.32 Å². The average molecular weight is 258 g/mol. The number of benzene rings is 1. The molecule has 0 bridgehead atoms. The second-order valence-corrected chi connectivity index (χ2v) is 4.92. The minimum absolute atomic E-state index is 0.188. The lowest BCUT2D eigenvalue weighted by Gasteiger charge is -2.12. The predicted octanol–water partition coefficient (Wildman–Crippen LogP) is 4.19. The molecule has 1 N–H and O–H groups in total. The number of hydrogen-bond donors (Lipinski definition) is 1. The molecule has 1 aromatic rings. The van der Waals surface area contributed by atoms with Gasteiger partial charge in [-0.1, -0.05) is 24.6 Å². The van der Waals surface area contributed by atoms with Crippen LogP contribution in [0, 0.1) is 5.82 Å². The minimum atomic E-state index is -0.188. The molecule has 17 heavy (non-hydrogen) atoms. The molecule has 1 unspecified atom stereocenters. The molecule has 0 saturated heterocycles. The molecule has 0 fully saturated rings. The first-order valence-electron chi connectivity index (χ1n) is 6.30. The van der Waals surface area contributed by atoms with Crippen molar-refractivity contribution in [3.8, 4) is 0 Å². The Balaban J connectivity index is 2.30. The highest BCUT2D eigenvalue weighted by Gasteiger charge is 2.04. The van der Waals surface area contributed by atoms with Gasteiger partial charge in [0.2, 0.25) is 0 Å². The summed E-state index contributed by atoms with van der Waals surface area (Å²) in [5.41, 5.74) is 0.761. The summed E-state index contributed by atoms with van der Waals surface area (Å²) in [6.45, 7) is 5.38. The first-order chi connectivity index (χ1) is 8.13. The Morgan fingerprint density at radius 1 is 1.41 bits per heavy atom. The number of halogens is 2. The SMILES string of the molecule is CCCNC(C)CCCc1ccc(Cl)cc1F. The third-order valence-electron chi connectivity index (χ3n) is 2.84. The van der Waals surface area contributed by atoms with Crippen LogP contribution in [0.2, 0.25) is 5.02 Å². The van der Waals surface area contributed by atoms with Gasteiger partial charge in [-0.3, -0.25) is 0 Å². The van der Waals surface area contributed by atoms with Crippen molar-refractivity contribution in [3.05, 3.63) is 34.6 Å². The summed E-state index contributed by atoms with van der Waals surface area (Å²) in [7, 11) is 0. The zero-order valence-electron chi connectivity index (χ0n) is 10.6. The lowest BCUT2D eigenvalue weighted by Crippen LogP contribution is -2.26. The first kappa shape index (κ1) is 14.5. The number of aryl methyl sites for hydroxylation is 1. The van der Waals surface area contributed by atoms with Crippen LogP contribution < -0.4 is 5.32 Å². The Morgan fingerprint density at radius 2 is 2.18 bits per heavy atom. The van der Waals surface area contributed by atoms with Crippen molar-refractivity contribution < 1.29 is 4.39 Å². The number of rotatable bonds is 7. The van der Waals surface area contributed by atoms with Crippen LogP contribution in [0.5, 0.6) is 0 Å². The van der Waals surface area contributed by atoms with E-state index in [0.29, 0.717) is 11.1 Å². The van der Waals surface area contributed by atoms with E-state index in [2.05, 4.69) is 19.2 Å². The summed E-state index contributed by atoms with van der Waals surface area (Å²) in [6.07, 6.45) is 4.00. The molecular weight excluding hydrogens is 237 g/mol. The average Bonchev–Trinajstić information content (AvgIpc) is 2.29. The largest absolute Gasteiger partial charge is 0.314 e. The van der Waals surface area contributed by atoms with Crippen molar-refractivity contribution in [1.29, 1.82) is 0 Å². The van der Waals surface area contributed by atoms with Crippen LogP contribution in [0.4, 0.5) is 4.39 Å². The van der Waals surface area contributed by atoms with Gasteiger partial charge in [-0.15, -0.1) is 0 Å². The molecule has 1 rings (SSSR count). The van der Waals surface area contributed by atoms with Gasteiger partial charge in [0.15, 0.2) is 0 Å². The summed E-state index contributed by atoms with van der Waals surface area (Å²) >= 11 is 5.71. The maximum Gasteiger partial charge on any atom is 0.127 e. The molecule has 0 aliphatic heterocycles. The summed E-state index contributed by atoms with van der Waals surface area (Å²) in [5, 5.41) is 3.89. The lowest BCUT2D eigenvalue weighted by atomic mass is 10.0. The van der Waals surface area contributed by atoms with Crippen molar-refractivity contribution >= 4 is 11.6 Å². The summed E-state index contributed by atoms with van der Waals surface area (Å²) in [5.74, 6) is -0.188. The van der Waals surface area contributed by atoms with Crippen LogP contribution >= 0.6 is 11.6 Å². The second-order valence-electron chi connectivity index (χ2n) is 4.48. The number of hydrogen-bond acceptors (Lipinski definition) is 1. The topological polar surface area (TPSA) is 12.0 Å². The highest BCUT2D eigenvalue weighted by atomic mass is 35.5. The molecule has 0 saturated carbocycles. The van der Waals surface area contributed by atoms with Gasteiger partial charge in [0.05, 0.1) is 0 Å². The van der Waals surface area contributed by atoms with Crippen LogP contribution in [0.1, 0.15) is 38.7 Å². The van der Waals surface area contributed by atoms with E-state index in [4.69, 9.17) is 11.6 Å². The van der Waals surface area contributed by atoms with Crippen LogP contribution in [0.3, 0.4) is 0 Å². The fourth-order valence-corrected chi connectivity index (χ4v) is 1.97. The van der Waals surface area contributed by atoms with E-state index in [1.54, 1.807) is 12.1 Å². The van der Waals surface area contributed by atoms with Crippen molar-refractivity contribution in [1.82, 2.24) is 5.32 Å². The molecule has 3 heteroatoms. The lowest BCUT2D eigenvalue weighted by molar-refractivity contribution is 0.494. The Hall–Kier alpha value is -0.600. The quantitative estimate of drug-likeness (QED) is 0.772. The highest BCUT2D eigenvalue weighted by molar-refractivity contribution is 6.30. The van der Waals surface area contributed by atoms with Crippen molar-refractivity contribution in [2.45, 2.75) is 45.6 Å². The molecule has 0 aliphatic rings. The van der Waals surface area contributed by atoms with E-state index in [9.17, 15) is 4.39 Å². The maximum atomic E-state index is 13.5. The van der Waals surface area contributed by atoms with Crippen LogP contribution in [0.15, 0.2) is 18.2 Å². The molecule has 0 heterocycles. The van der Waals surface area contributed by atoms with E-state index < -0.39 is 0 Å². The smallest absolute Gasteiger partial charge is 0.127 e. The van der Waals surface area contributed by atoms with Crippen LogP contribution in [-0.2, 0) is 6.42 Å². The molecule has 0 amide bonds. The molecule has 0 spiro atoms. The zero-order valence-corrected chi connectivity index (χ0v) is 11.4. The third kappa shape index (κ3) is 5.51. The first-order valence-corrected chi connectivity index (χ1v) is 6.68. The van der Waals surface area contributed by atoms with Crippen molar-refractivity contribution in [3.63, 3.8) is 0 Å². The summed E-state index contributed by atoms with van der Waals surface area (Å²) in [4.78, 5) is 0. The Bertz CT molecular complexity index is 341. The maximum absolute atomic E-state index is 13.5. The van der Waals surface area contributed by atoms with E-state index in [0.717, 1.165) is 37.8 Å². The fourth-order valence-electron chi connectivity index (χ4n) is 1.82. The molecule has 0 radical (unpaired) electrons. The third-order valence-corrected chi connectivity index (χ3v) is 3.08. The highest BCUT2D eigenvalue weighted by Crippen LogP contribution is 2.16. The van der Waals surface area contributed by atoms with Crippen molar-refractivity contribution in [2.75, 3.05) is 6.54 Å². The number of nitrogens with one attached hydrogen (secondary N) is 1. The Labute approximate surface area is 108 Å². The fraction of sp³-hybridized carbons (Fsp3) is 0.571. The van der Waals surface area contributed by atoms with E-state index in [1.807, 2.05) is 0 Å². The molecule has 96 valence electrons. The normalized spacial score (nSPS) is 12.7. The minimum Gasteiger partial charge on any atom is -0.314 e. The van der Waals surface area contributed by atoms with E-state index in [-0.39, 0.29) is 5.82 Å². The standard InChI is InChI=1S/C14H21ClFN/c1-3-9-17-11(2)5-4-6-12-7-8-13(15)10-14(12)16/h7-8,10-11,17H,3-6,9H2,1-2H3. The van der Waals surface area contributed by atoms with Crippen LogP contribution in [0.25, 0.3) is 0 Å². The van der Waals surface area contributed by atoms with E-state index in [1.165, 1.54) is 6.07 Å². The van der Waals surface area contributed by atoms with E-state index >= 15 is 0 Å². The summed E-state index contributed by atoms with van der Waals surface area (Å²) in [6, 6.07) is 5.42. The molecule has 1 aromatic carbocycles. The second kappa shape index (κ2) is 7.67. The Morgan fingerprint density at radius 3 is 2.82 bits per heavy atom. The Kier molecular flexibility index (Phi) is 6.53. The van der Waals surface area contributed by atoms with Crippen LogP contribution in [-0.4, -0.2) is 12.6 Å². The molecule has 1 nitrogen and oxygen atoms in total. The van der Waals surface area contributed by atoms with Gasteiger partial charge in [-0.25, -0.2) is 4.39 Å². The molecule has 0 aromatic heterocycles. The zero-order chi connectivity index (χ0) is 12.7. The molecule has 0 aliphatic carbocycles. The van der Waals surface area contributed by atoms with Crippen molar-refractivity contribution in [2.24, 2.45) is 0 Å². The van der Waals surface area contributed by atoms with Gasteiger partial charge in [-0.2, -0.15) is 0 Å². The monoisotopic (exact) mass is 257 g/mol.